The third-order valence-corrected chi connectivity index (χ3v) is 5.08. The first-order valence-electron chi connectivity index (χ1n) is 8.90. The Labute approximate surface area is 153 Å². The predicted octanol–water partition coefficient (Wildman–Crippen LogP) is 3.72. The number of halogens is 1. The molecule has 138 valence electrons. The van der Waals surface area contributed by atoms with Crippen molar-refractivity contribution in [1.82, 2.24) is 0 Å². The molecule has 1 aliphatic rings. The number of aliphatic hydroxyl groups excluding tert-OH is 1. The van der Waals surface area contributed by atoms with E-state index in [0.717, 1.165) is 36.1 Å². The molecule has 0 unspecified atom stereocenters. The number of rotatable bonds is 6. The molecule has 0 bridgehead atoms. The molecule has 1 aliphatic carbocycles. The summed E-state index contributed by atoms with van der Waals surface area (Å²) in [6, 6.07) is 14.5. The number of oxime groups is 1. The lowest BCUT2D eigenvalue weighted by Crippen LogP contribution is -2.40. The molecule has 0 amide bonds. The standard InChI is InChI=1S/C21H25FN2O2/c1-15(24-26-13-16-3-2-4-20(22)11-16)17-5-7-18(8-6-17)19-9-10-21(23,12-19)14-25/h2-8,11,19,25H,9-10,12-14,23H2,1H3/b24-15+/t19-,21-/m1/s1. The van der Waals surface area contributed by atoms with E-state index in [4.69, 9.17) is 10.6 Å². The third-order valence-electron chi connectivity index (χ3n) is 5.08. The summed E-state index contributed by atoms with van der Waals surface area (Å²) in [6.07, 6.45) is 2.66. The Morgan fingerprint density at radius 1 is 1.31 bits per heavy atom. The van der Waals surface area contributed by atoms with Crippen LogP contribution in [0, 0.1) is 5.82 Å². The van der Waals surface area contributed by atoms with Gasteiger partial charge in [-0.15, -0.1) is 0 Å². The van der Waals surface area contributed by atoms with E-state index in [1.807, 2.05) is 19.1 Å². The lowest BCUT2D eigenvalue weighted by atomic mass is 9.93. The highest BCUT2D eigenvalue weighted by atomic mass is 19.1. The SMILES string of the molecule is C/C(=N\OCc1cccc(F)c1)c1ccc([C@@H]2CC[C@](N)(CO)C2)cc1. The Morgan fingerprint density at radius 3 is 2.73 bits per heavy atom. The molecule has 2 aromatic carbocycles. The van der Waals surface area contributed by atoms with Crippen LogP contribution in [0.1, 0.15) is 48.8 Å². The minimum absolute atomic E-state index is 0.0377. The molecule has 2 atom stereocenters. The van der Waals surface area contributed by atoms with E-state index in [1.54, 1.807) is 12.1 Å². The molecule has 1 saturated carbocycles. The number of nitrogens with zero attached hydrogens (tertiary/aromatic N) is 1. The zero-order chi connectivity index (χ0) is 18.6. The molecular weight excluding hydrogens is 331 g/mol. The van der Waals surface area contributed by atoms with Crippen LogP contribution >= 0.6 is 0 Å². The minimum Gasteiger partial charge on any atom is -0.394 e. The zero-order valence-corrected chi connectivity index (χ0v) is 15.0. The van der Waals surface area contributed by atoms with Gasteiger partial charge in [0.1, 0.15) is 12.4 Å². The first kappa shape index (κ1) is 18.5. The number of aliphatic hydroxyl groups is 1. The fourth-order valence-corrected chi connectivity index (χ4v) is 3.46. The summed E-state index contributed by atoms with van der Waals surface area (Å²) in [6.45, 7) is 2.15. The van der Waals surface area contributed by atoms with Gasteiger partial charge in [-0.1, -0.05) is 41.6 Å². The van der Waals surface area contributed by atoms with Crippen molar-refractivity contribution in [3.8, 4) is 0 Å². The van der Waals surface area contributed by atoms with E-state index in [1.165, 1.54) is 17.7 Å². The first-order valence-corrected chi connectivity index (χ1v) is 8.90. The summed E-state index contributed by atoms with van der Waals surface area (Å²) in [5, 5.41) is 13.5. The highest BCUT2D eigenvalue weighted by Gasteiger charge is 2.35. The van der Waals surface area contributed by atoms with E-state index in [0.29, 0.717) is 5.92 Å². The van der Waals surface area contributed by atoms with Crippen LogP contribution in [-0.2, 0) is 11.4 Å². The second-order valence-electron chi connectivity index (χ2n) is 7.16. The van der Waals surface area contributed by atoms with Gasteiger partial charge in [-0.05, 0) is 60.9 Å². The summed E-state index contributed by atoms with van der Waals surface area (Å²) < 4.78 is 13.1. The molecule has 0 heterocycles. The second kappa shape index (κ2) is 7.98. The van der Waals surface area contributed by atoms with E-state index >= 15 is 0 Å². The number of hydrogen-bond donors (Lipinski definition) is 2. The maximum absolute atomic E-state index is 13.1. The summed E-state index contributed by atoms with van der Waals surface area (Å²) in [7, 11) is 0. The molecule has 4 nitrogen and oxygen atoms in total. The molecule has 26 heavy (non-hydrogen) atoms. The van der Waals surface area contributed by atoms with E-state index in [9.17, 15) is 9.50 Å². The Hall–Kier alpha value is -2.24. The average Bonchev–Trinajstić information content (AvgIpc) is 3.05. The van der Waals surface area contributed by atoms with Gasteiger partial charge in [0.05, 0.1) is 12.3 Å². The quantitative estimate of drug-likeness (QED) is 0.612. The Bertz CT molecular complexity index is 776. The number of benzene rings is 2. The molecule has 0 aromatic heterocycles. The summed E-state index contributed by atoms with van der Waals surface area (Å²) in [5.74, 6) is 0.111. The molecule has 2 aromatic rings. The first-order chi connectivity index (χ1) is 12.5. The molecule has 0 spiro atoms. The van der Waals surface area contributed by atoms with Crippen LogP contribution in [0.2, 0.25) is 0 Å². The van der Waals surface area contributed by atoms with Crippen molar-refractivity contribution in [3.63, 3.8) is 0 Å². The van der Waals surface area contributed by atoms with Gasteiger partial charge in [0.2, 0.25) is 0 Å². The van der Waals surface area contributed by atoms with Crippen LogP contribution in [0.5, 0.6) is 0 Å². The van der Waals surface area contributed by atoms with Crippen molar-refractivity contribution >= 4 is 5.71 Å². The maximum atomic E-state index is 13.1. The molecule has 1 fully saturated rings. The lowest BCUT2D eigenvalue weighted by Gasteiger charge is -2.20. The van der Waals surface area contributed by atoms with Gasteiger partial charge in [0, 0.05) is 5.54 Å². The van der Waals surface area contributed by atoms with E-state index in [2.05, 4.69) is 17.3 Å². The Kier molecular flexibility index (Phi) is 5.69. The van der Waals surface area contributed by atoms with Crippen molar-refractivity contribution in [2.75, 3.05) is 6.61 Å². The van der Waals surface area contributed by atoms with Gasteiger partial charge >= 0.3 is 0 Å². The fourth-order valence-electron chi connectivity index (χ4n) is 3.46. The highest BCUT2D eigenvalue weighted by Crippen LogP contribution is 2.39. The molecule has 0 radical (unpaired) electrons. The van der Waals surface area contributed by atoms with Gasteiger partial charge in [0.25, 0.3) is 0 Å². The summed E-state index contributed by atoms with van der Waals surface area (Å²) >= 11 is 0. The molecule has 0 saturated heterocycles. The van der Waals surface area contributed by atoms with Gasteiger partial charge in [-0.2, -0.15) is 0 Å². The zero-order valence-electron chi connectivity index (χ0n) is 15.0. The van der Waals surface area contributed by atoms with Gasteiger partial charge < -0.3 is 15.7 Å². The van der Waals surface area contributed by atoms with Crippen LogP contribution in [0.15, 0.2) is 53.7 Å². The summed E-state index contributed by atoms with van der Waals surface area (Å²) in [5.41, 5.74) is 9.46. The van der Waals surface area contributed by atoms with Crippen LogP contribution < -0.4 is 5.73 Å². The predicted molar refractivity (Wildman–Crippen MR) is 100 cm³/mol. The van der Waals surface area contributed by atoms with Gasteiger partial charge in [-0.3, -0.25) is 0 Å². The van der Waals surface area contributed by atoms with E-state index in [-0.39, 0.29) is 19.0 Å². The van der Waals surface area contributed by atoms with Crippen LogP contribution in [-0.4, -0.2) is 23.0 Å². The van der Waals surface area contributed by atoms with Crippen LogP contribution in [0.3, 0.4) is 0 Å². The van der Waals surface area contributed by atoms with Crippen molar-refractivity contribution in [2.24, 2.45) is 10.9 Å². The molecule has 3 N–H and O–H groups in total. The molecule has 3 rings (SSSR count). The molecular formula is C21H25FN2O2. The number of nitrogens with two attached hydrogens (primary N) is 1. The monoisotopic (exact) mass is 356 g/mol. The van der Waals surface area contributed by atoms with Gasteiger partial charge in [-0.25, -0.2) is 4.39 Å². The maximum Gasteiger partial charge on any atom is 0.142 e. The minimum atomic E-state index is -0.439. The Balaban J connectivity index is 1.59. The molecule has 0 aliphatic heterocycles. The largest absolute Gasteiger partial charge is 0.394 e. The summed E-state index contributed by atoms with van der Waals surface area (Å²) in [4.78, 5) is 5.34. The normalized spacial score (nSPS) is 23.2. The number of hydrogen-bond acceptors (Lipinski definition) is 4. The Morgan fingerprint density at radius 2 is 2.08 bits per heavy atom. The van der Waals surface area contributed by atoms with E-state index < -0.39 is 5.54 Å². The fraction of sp³-hybridized carbons (Fsp3) is 0.381. The highest BCUT2D eigenvalue weighted by molar-refractivity contribution is 5.98. The smallest absolute Gasteiger partial charge is 0.142 e. The third kappa shape index (κ3) is 4.48. The van der Waals surface area contributed by atoms with Crippen molar-refractivity contribution in [1.29, 1.82) is 0 Å². The second-order valence-corrected chi connectivity index (χ2v) is 7.16. The van der Waals surface area contributed by atoms with Gasteiger partial charge in [0.15, 0.2) is 0 Å². The van der Waals surface area contributed by atoms with Crippen LogP contribution in [0.25, 0.3) is 0 Å². The van der Waals surface area contributed by atoms with Crippen molar-refractivity contribution in [3.05, 3.63) is 71.0 Å². The molecule has 5 heteroatoms. The topological polar surface area (TPSA) is 67.8 Å². The van der Waals surface area contributed by atoms with Crippen molar-refractivity contribution < 1.29 is 14.3 Å². The van der Waals surface area contributed by atoms with Crippen molar-refractivity contribution in [2.45, 2.75) is 44.2 Å². The lowest BCUT2D eigenvalue weighted by molar-refractivity contribution is 0.130. The van der Waals surface area contributed by atoms with Crippen LogP contribution in [0.4, 0.5) is 4.39 Å². The average molecular weight is 356 g/mol.